The Kier molecular flexibility index (Phi) is 4.67. The maximum atomic E-state index is 11.4. The van der Waals surface area contributed by atoms with E-state index in [4.69, 9.17) is 5.11 Å². The summed E-state index contributed by atoms with van der Waals surface area (Å²) in [6.07, 6.45) is 4.39. The lowest BCUT2D eigenvalue weighted by Crippen LogP contribution is -2.30. The van der Waals surface area contributed by atoms with Gasteiger partial charge in [-0.2, -0.15) is 0 Å². The molecule has 1 rings (SSSR count). The predicted molar refractivity (Wildman–Crippen MR) is 65.6 cm³/mol. The summed E-state index contributed by atoms with van der Waals surface area (Å²) >= 11 is 1.38. The molecule has 1 N–H and O–H groups in total. The Hall–Kier alpha value is -0.230. The van der Waals surface area contributed by atoms with Crippen molar-refractivity contribution in [1.82, 2.24) is 0 Å². The van der Waals surface area contributed by atoms with Crippen LogP contribution in [-0.2, 0) is 14.6 Å². The highest BCUT2D eigenvalue weighted by Gasteiger charge is 2.30. The molecule has 0 bridgehead atoms. The average Bonchev–Trinajstić information content (AvgIpc) is 2.16. The average molecular weight is 266 g/mol. The normalized spacial score (nSPS) is 28.6. The van der Waals surface area contributed by atoms with E-state index in [1.165, 1.54) is 18.0 Å². The van der Waals surface area contributed by atoms with Crippen LogP contribution in [-0.4, -0.2) is 41.5 Å². The van der Waals surface area contributed by atoms with Crippen LogP contribution in [0.2, 0.25) is 0 Å². The van der Waals surface area contributed by atoms with E-state index in [9.17, 15) is 13.2 Å². The van der Waals surface area contributed by atoms with Gasteiger partial charge >= 0.3 is 5.97 Å². The van der Waals surface area contributed by atoms with Crippen LogP contribution in [0.1, 0.15) is 32.6 Å². The first kappa shape index (κ1) is 13.8. The summed E-state index contributed by atoms with van der Waals surface area (Å²) in [7, 11) is -2.98. The van der Waals surface area contributed by atoms with Gasteiger partial charge in [-0.1, -0.05) is 6.42 Å². The fraction of sp³-hybridized carbons (Fsp3) is 0.900. The zero-order chi connectivity index (χ0) is 12.3. The van der Waals surface area contributed by atoms with E-state index in [1.807, 2.05) is 0 Å². The Labute approximate surface area is 101 Å². The number of hydrogen-bond donors (Lipinski definition) is 1. The molecule has 0 radical (unpaired) electrons. The van der Waals surface area contributed by atoms with Crippen LogP contribution in [0, 0.1) is 0 Å². The summed E-state index contributed by atoms with van der Waals surface area (Å²) in [4.78, 5) is 10.7. The highest BCUT2D eigenvalue weighted by atomic mass is 32.2. The fourth-order valence-electron chi connectivity index (χ4n) is 1.96. The molecule has 0 aromatic rings. The van der Waals surface area contributed by atoms with Gasteiger partial charge in [0, 0.05) is 11.5 Å². The maximum absolute atomic E-state index is 11.4. The lowest BCUT2D eigenvalue weighted by atomic mass is 10.00. The standard InChI is InChI=1S/C10H18O4S2/c1-7(10(11)12)15-8-4-3-5-9(6-8)16(2,13)14/h7-9H,3-6H2,1-2H3,(H,11,12). The summed E-state index contributed by atoms with van der Waals surface area (Å²) in [6, 6.07) is 0. The van der Waals surface area contributed by atoms with Crippen molar-refractivity contribution in [1.29, 1.82) is 0 Å². The lowest BCUT2D eigenvalue weighted by Gasteiger charge is -2.28. The molecule has 1 fully saturated rings. The quantitative estimate of drug-likeness (QED) is 0.836. The highest BCUT2D eigenvalue weighted by Crippen LogP contribution is 2.33. The number of carboxylic acids is 1. The second-order valence-corrected chi connectivity index (χ2v) is 8.33. The maximum Gasteiger partial charge on any atom is 0.316 e. The second-order valence-electron chi connectivity index (χ2n) is 4.36. The molecule has 4 nitrogen and oxygen atoms in total. The largest absolute Gasteiger partial charge is 0.480 e. The van der Waals surface area contributed by atoms with Gasteiger partial charge in [0.2, 0.25) is 0 Å². The predicted octanol–water partition coefficient (Wildman–Crippen LogP) is 1.55. The SMILES string of the molecule is CC(SC1CCCC(S(C)(=O)=O)C1)C(=O)O. The smallest absolute Gasteiger partial charge is 0.316 e. The van der Waals surface area contributed by atoms with Crippen LogP contribution in [0.5, 0.6) is 0 Å². The first-order chi connectivity index (χ1) is 7.30. The molecule has 0 spiro atoms. The molecule has 1 aliphatic rings. The van der Waals surface area contributed by atoms with Crippen LogP contribution in [0.3, 0.4) is 0 Å². The van der Waals surface area contributed by atoms with Crippen LogP contribution in [0.15, 0.2) is 0 Å². The zero-order valence-electron chi connectivity index (χ0n) is 9.55. The van der Waals surface area contributed by atoms with Crippen molar-refractivity contribution < 1.29 is 18.3 Å². The van der Waals surface area contributed by atoms with Gasteiger partial charge in [0.15, 0.2) is 0 Å². The molecule has 0 aromatic carbocycles. The number of hydrogen-bond acceptors (Lipinski definition) is 4. The molecule has 3 unspecified atom stereocenters. The van der Waals surface area contributed by atoms with Crippen molar-refractivity contribution in [2.24, 2.45) is 0 Å². The molecule has 0 saturated heterocycles. The van der Waals surface area contributed by atoms with Crippen LogP contribution < -0.4 is 0 Å². The molecule has 3 atom stereocenters. The molecule has 6 heteroatoms. The van der Waals surface area contributed by atoms with Gasteiger partial charge in [-0.25, -0.2) is 8.42 Å². The summed E-state index contributed by atoms with van der Waals surface area (Å²) in [6.45, 7) is 1.65. The minimum Gasteiger partial charge on any atom is -0.480 e. The Balaban J connectivity index is 2.55. The molecule has 0 amide bonds. The third-order valence-electron chi connectivity index (χ3n) is 2.93. The Bertz CT molecular complexity index is 350. The van der Waals surface area contributed by atoms with Gasteiger partial charge in [0.25, 0.3) is 0 Å². The minimum atomic E-state index is -2.98. The van der Waals surface area contributed by atoms with E-state index < -0.39 is 21.1 Å². The van der Waals surface area contributed by atoms with Gasteiger partial charge in [-0.05, 0) is 26.2 Å². The number of carboxylic acid groups (broad SMARTS) is 1. The van der Waals surface area contributed by atoms with Gasteiger partial charge in [-0.3, -0.25) is 4.79 Å². The van der Waals surface area contributed by atoms with Gasteiger partial charge < -0.3 is 5.11 Å². The highest BCUT2D eigenvalue weighted by molar-refractivity contribution is 8.01. The monoisotopic (exact) mass is 266 g/mol. The molecular formula is C10H18O4S2. The summed E-state index contributed by atoms with van der Waals surface area (Å²) in [5.74, 6) is -0.827. The third kappa shape index (κ3) is 3.97. The fourth-order valence-corrected chi connectivity index (χ4v) is 4.60. The molecule has 1 saturated carbocycles. The summed E-state index contributed by atoms with van der Waals surface area (Å²) in [5, 5.41) is 8.23. The van der Waals surface area contributed by atoms with Crippen molar-refractivity contribution in [3.05, 3.63) is 0 Å². The van der Waals surface area contributed by atoms with E-state index in [-0.39, 0.29) is 10.5 Å². The number of aliphatic carboxylic acids is 1. The van der Waals surface area contributed by atoms with Crippen LogP contribution >= 0.6 is 11.8 Å². The van der Waals surface area contributed by atoms with E-state index in [1.54, 1.807) is 6.92 Å². The van der Waals surface area contributed by atoms with Crippen molar-refractivity contribution in [3.63, 3.8) is 0 Å². The summed E-state index contributed by atoms with van der Waals surface area (Å²) in [5.41, 5.74) is 0. The molecular weight excluding hydrogens is 248 g/mol. The van der Waals surface area contributed by atoms with Crippen LogP contribution in [0.4, 0.5) is 0 Å². The van der Waals surface area contributed by atoms with Gasteiger partial charge in [0.1, 0.15) is 9.84 Å². The van der Waals surface area contributed by atoms with Gasteiger partial charge in [0.05, 0.1) is 10.5 Å². The molecule has 16 heavy (non-hydrogen) atoms. The number of thioether (sulfide) groups is 1. The van der Waals surface area contributed by atoms with Crippen molar-refractivity contribution in [2.45, 2.75) is 48.4 Å². The molecule has 0 aromatic heterocycles. The van der Waals surface area contributed by atoms with E-state index in [0.29, 0.717) is 6.42 Å². The Morgan fingerprint density at radius 1 is 1.44 bits per heavy atom. The number of carbonyl (C=O) groups is 1. The van der Waals surface area contributed by atoms with E-state index in [0.717, 1.165) is 19.3 Å². The Morgan fingerprint density at radius 2 is 2.06 bits per heavy atom. The van der Waals surface area contributed by atoms with Crippen molar-refractivity contribution in [2.75, 3.05) is 6.26 Å². The molecule has 94 valence electrons. The van der Waals surface area contributed by atoms with Crippen molar-refractivity contribution >= 4 is 27.6 Å². The molecule has 0 aliphatic heterocycles. The molecule has 1 aliphatic carbocycles. The Morgan fingerprint density at radius 3 is 2.56 bits per heavy atom. The summed E-state index contributed by atoms with van der Waals surface area (Å²) < 4.78 is 22.9. The van der Waals surface area contributed by atoms with E-state index >= 15 is 0 Å². The third-order valence-corrected chi connectivity index (χ3v) is 5.99. The van der Waals surface area contributed by atoms with Gasteiger partial charge in [-0.15, -0.1) is 11.8 Å². The zero-order valence-corrected chi connectivity index (χ0v) is 11.2. The lowest BCUT2D eigenvalue weighted by molar-refractivity contribution is -0.136. The van der Waals surface area contributed by atoms with E-state index in [2.05, 4.69) is 0 Å². The number of sulfone groups is 1. The second kappa shape index (κ2) is 5.40. The topological polar surface area (TPSA) is 71.4 Å². The first-order valence-corrected chi connectivity index (χ1v) is 8.27. The minimum absolute atomic E-state index is 0.166. The molecule has 0 heterocycles. The first-order valence-electron chi connectivity index (χ1n) is 5.38. The van der Waals surface area contributed by atoms with Crippen LogP contribution in [0.25, 0.3) is 0 Å². The van der Waals surface area contributed by atoms with Crippen molar-refractivity contribution in [3.8, 4) is 0 Å². The number of rotatable bonds is 4.